The van der Waals surface area contributed by atoms with Gasteiger partial charge in [-0.2, -0.15) is 0 Å². The predicted octanol–water partition coefficient (Wildman–Crippen LogP) is 5.60. The first-order valence-electron chi connectivity index (χ1n) is 9.51. The van der Waals surface area contributed by atoms with Gasteiger partial charge in [0.15, 0.2) is 0 Å². The molecule has 0 aliphatic heterocycles. The van der Waals surface area contributed by atoms with Gasteiger partial charge in [-0.25, -0.2) is 4.39 Å². The second kappa shape index (κ2) is 9.95. The molecule has 0 saturated heterocycles. The summed E-state index contributed by atoms with van der Waals surface area (Å²) >= 11 is 8.63. The molecular formula is C23H15ClFN3O3S2. The van der Waals surface area contributed by atoms with Crippen LogP contribution >= 0.6 is 34.3 Å². The molecule has 166 valence electrons. The van der Waals surface area contributed by atoms with Crippen LogP contribution in [0, 0.1) is 5.82 Å². The van der Waals surface area contributed by atoms with Gasteiger partial charge in [-0.3, -0.25) is 25.2 Å². The molecule has 0 aliphatic rings. The smallest absolute Gasteiger partial charge is 0.279 e. The third-order valence-corrected chi connectivity index (χ3v) is 6.80. The molecule has 6 nitrogen and oxygen atoms in total. The Morgan fingerprint density at radius 1 is 0.818 bits per heavy atom. The van der Waals surface area contributed by atoms with Gasteiger partial charge in [-0.05, 0) is 59.5 Å². The average Bonchev–Trinajstić information content (AvgIpc) is 3.52. The minimum Gasteiger partial charge on any atom is -0.320 e. The van der Waals surface area contributed by atoms with Crippen LogP contribution in [0.1, 0.15) is 29.7 Å². The maximum atomic E-state index is 13.1. The van der Waals surface area contributed by atoms with Crippen molar-refractivity contribution in [3.8, 4) is 10.4 Å². The lowest BCUT2D eigenvalue weighted by molar-refractivity contribution is 0.0849. The number of carbonyl (C=O) groups excluding carboxylic acids is 3. The fraction of sp³-hybridized carbons (Fsp3) is 0. The number of rotatable bonds is 5. The molecule has 33 heavy (non-hydrogen) atoms. The van der Waals surface area contributed by atoms with Crippen molar-refractivity contribution in [1.29, 1.82) is 0 Å². The summed E-state index contributed by atoms with van der Waals surface area (Å²) in [5, 5.41) is 4.72. The zero-order valence-electron chi connectivity index (χ0n) is 16.7. The normalized spacial score (nSPS) is 10.5. The van der Waals surface area contributed by atoms with E-state index < -0.39 is 11.8 Å². The second-order valence-electron chi connectivity index (χ2n) is 6.71. The third-order valence-electron chi connectivity index (χ3n) is 4.47. The van der Waals surface area contributed by atoms with Crippen LogP contribution in [0.15, 0.2) is 72.1 Å². The number of hydrazine groups is 1. The van der Waals surface area contributed by atoms with E-state index in [0.29, 0.717) is 9.75 Å². The fourth-order valence-electron chi connectivity index (χ4n) is 2.83. The number of thiophene rings is 2. The zero-order chi connectivity index (χ0) is 23.4. The largest absolute Gasteiger partial charge is 0.320 e. The summed E-state index contributed by atoms with van der Waals surface area (Å²) < 4.78 is 13.1. The maximum Gasteiger partial charge on any atom is 0.279 e. The highest BCUT2D eigenvalue weighted by Gasteiger charge is 2.15. The molecular weight excluding hydrogens is 485 g/mol. The number of nitrogens with one attached hydrogen (secondary N) is 3. The SMILES string of the molecule is O=C(NNC(=O)c1ccc(-c2ccc(F)cc2)s1)c1ccc(Cl)c(NC(=O)c2cccs2)c1. The fourth-order valence-corrected chi connectivity index (χ4v) is 4.52. The lowest BCUT2D eigenvalue weighted by atomic mass is 10.2. The molecule has 0 spiro atoms. The van der Waals surface area contributed by atoms with Gasteiger partial charge in [-0.1, -0.05) is 29.8 Å². The Hall–Kier alpha value is -3.53. The minimum absolute atomic E-state index is 0.194. The Morgan fingerprint density at radius 2 is 1.58 bits per heavy atom. The minimum atomic E-state index is -0.582. The number of hydrogen-bond acceptors (Lipinski definition) is 5. The molecule has 0 aliphatic carbocycles. The first-order chi connectivity index (χ1) is 15.9. The van der Waals surface area contributed by atoms with Crippen LogP contribution in [0.25, 0.3) is 10.4 Å². The van der Waals surface area contributed by atoms with Crippen LogP contribution < -0.4 is 16.2 Å². The van der Waals surface area contributed by atoms with E-state index in [1.54, 1.807) is 41.8 Å². The van der Waals surface area contributed by atoms with E-state index in [1.165, 1.54) is 53.0 Å². The summed E-state index contributed by atoms with van der Waals surface area (Å²) in [6, 6.07) is 17.1. The van der Waals surface area contributed by atoms with Crippen molar-refractivity contribution in [3.05, 3.63) is 98.3 Å². The van der Waals surface area contributed by atoms with Crippen LogP contribution in [-0.4, -0.2) is 17.7 Å². The molecule has 0 fully saturated rings. The van der Waals surface area contributed by atoms with Crippen molar-refractivity contribution in [3.63, 3.8) is 0 Å². The summed E-state index contributed by atoms with van der Waals surface area (Å²) in [4.78, 5) is 38.9. The van der Waals surface area contributed by atoms with Crippen molar-refractivity contribution >= 4 is 57.7 Å². The average molecular weight is 500 g/mol. The summed E-state index contributed by atoms with van der Waals surface area (Å²) in [6.07, 6.45) is 0. The van der Waals surface area contributed by atoms with E-state index in [-0.39, 0.29) is 28.0 Å². The van der Waals surface area contributed by atoms with E-state index in [0.717, 1.165) is 10.4 Å². The molecule has 0 saturated carbocycles. The van der Waals surface area contributed by atoms with Crippen molar-refractivity contribution in [2.24, 2.45) is 0 Å². The first kappa shape index (κ1) is 22.7. The van der Waals surface area contributed by atoms with Crippen LogP contribution in [0.2, 0.25) is 5.02 Å². The summed E-state index contributed by atoms with van der Waals surface area (Å²) in [5.41, 5.74) is 5.96. The Balaban J connectivity index is 1.39. The standard InChI is InChI=1S/C23H15ClFN3O3S2/c24-16-8-5-14(12-17(16)26-22(30)19-2-1-11-32-19)21(29)27-28-23(31)20-10-9-18(33-20)13-3-6-15(25)7-4-13/h1-12H,(H,26,30)(H,27,29)(H,28,31). The highest BCUT2D eigenvalue weighted by Crippen LogP contribution is 2.28. The van der Waals surface area contributed by atoms with Gasteiger partial charge < -0.3 is 5.32 Å². The maximum absolute atomic E-state index is 13.1. The molecule has 0 atom stereocenters. The van der Waals surface area contributed by atoms with Crippen LogP contribution in [0.4, 0.5) is 10.1 Å². The third kappa shape index (κ3) is 5.46. The van der Waals surface area contributed by atoms with Crippen LogP contribution in [0.5, 0.6) is 0 Å². The van der Waals surface area contributed by atoms with Crippen molar-refractivity contribution in [2.75, 3.05) is 5.32 Å². The Kier molecular flexibility index (Phi) is 6.83. The van der Waals surface area contributed by atoms with Gasteiger partial charge in [-0.15, -0.1) is 22.7 Å². The number of carbonyl (C=O) groups is 3. The Morgan fingerprint density at radius 3 is 2.30 bits per heavy atom. The number of anilines is 1. The molecule has 0 bridgehead atoms. The molecule has 3 amide bonds. The summed E-state index contributed by atoms with van der Waals surface area (Å²) in [7, 11) is 0. The van der Waals surface area contributed by atoms with E-state index in [2.05, 4.69) is 16.2 Å². The van der Waals surface area contributed by atoms with Gasteiger partial charge in [0.2, 0.25) is 0 Å². The molecule has 4 aromatic rings. The highest BCUT2D eigenvalue weighted by atomic mass is 35.5. The molecule has 2 heterocycles. The van der Waals surface area contributed by atoms with E-state index in [4.69, 9.17) is 11.6 Å². The lowest BCUT2D eigenvalue weighted by Gasteiger charge is -2.10. The van der Waals surface area contributed by atoms with Crippen molar-refractivity contribution in [1.82, 2.24) is 10.9 Å². The molecule has 10 heteroatoms. The second-order valence-corrected chi connectivity index (χ2v) is 9.14. The number of halogens is 2. The quantitative estimate of drug-likeness (QED) is 0.312. The van der Waals surface area contributed by atoms with Crippen molar-refractivity contribution in [2.45, 2.75) is 0 Å². The first-order valence-corrected chi connectivity index (χ1v) is 11.6. The summed E-state index contributed by atoms with van der Waals surface area (Å²) in [5.74, 6) is -1.76. The number of amides is 3. The van der Waals surface area contributed by atoms with E-state index in [1.807, 2.05) is 0 Å². The monoisotopic (exact) mass is 499 g/mol. The Bertz CT molecular complexity index is 1320. The Labute approximate surface area is 201 Å². The van der Waals surface area contributed by atoms with E-state index >= 15 is 0 Å². The molecule has 3 N–H and O–H groups in total. The molecule has 2 aromatic heterocycles. The lowest BCUT2D eigenvalue weighted by Crippen LogP contribution is -2.41. The predicted molar refractivity (Wildman–Crippen MR) is 128 cm³/mol. The van der Waals surface area contributed by atoms with Gasteiger partial charge in [0.05, 0.1) is 20.5 Å². The number of hydrogen-bond donors (Lipinski definition) is 3. The van der Waals surface area contributed by atoms with Crippen LogP contribution in [-0.2, 0) is 0 Å². The zero-order valence-corrected chi connectivity index (χ0v) is 19.1. The topological polar surface area (TPSA) is 87.3 Å². The molecule has 0 unspecified atom stereocenters. The van der Waals surface area contributed by atoms with Crippen molar-refractivity contribution < 1.29 is 18.8 Å². The van der Waals surface area contributed by atoms with Gasteiger partial charge in [0, 0.05) is 10.4 Å². The van der Waals surface area contributed by atoms with Crippen LogP contribution in [0.3, 0.4) is 0 Å². The molecule has 0 radical (unpaired) electrons. The van der Waals surface area contributed by atoms with Gasteiger partial charge >= 0.3 is 0 Å². The van der Waals surface area contributed by atoms with Gasteiger partial charge in [0.1, 0.15) is 5.82 Å². The van der Waals surface area contributed by atoms with Gasteiger partial charge in [0.25, 0.3) is 17.7 Å². The van der Waals surface area contributed by atoms with E-state index in [9.17, 15) is 18.8 Å². The molecule has 4 rings (SSSR count). The number of benzene rings is 2. The molecule has 2 aromatic carbocycles. The summed E-state index contributed by atoms with van der Waals surface area (Å²) in [6.45, 7) is 0. The highest BCUT2D eigenvalue weighted by molar-refractivity contribution is 7.17.